The molecule has 96 valence electrons. The summed E-state index contributed by atoms with van der Waals surface area (Å²) in [6.07, 6.45) is 5.27. The van der Waals surface area contributed by atoms with Gasteiger partial charge in [0.1, 0.15) is 4.90 Å². The van der Waals surface area contributed by atoms with Crippen molar-refractivity contribution in [3.63, 3.8) is 0 Å². The van der Waals surface area contributed by atoms with Gasteiger partial charge in [0.2, 0.25) is 0 Å². The molecule has 0 radical (unpaired) electrons. The van der Waals surface area contributed by atoms with E-state index >= 15 is 0 Å². The van der Waals surface area contributed by atoms with Crippen molar-refractivity contribution in [2.24, 2.45) is 5.92 Å². The van der Waals surface area contributed by atoms with E-state index in [1.165, 1.54) is 17.8 Å². The van der Waals surface area contributed by atoms with Gasteiger partial charge in [-0.3, -0.25) is 9.54 Å². The molecular weight excluding hydrogens is 252 g/mol. The minimum absolute atomic E-state index is 0.131. The lowest BCUT2D eigenvalue weighted by Gasteiger charge is -2.27. The molecule has 0 aromatic carbocycles. The minimum Gasteiger partial charge on any atom is -0.313 e. The molecule has 6 heteroatoms. The summed E-state index contributed by atoms with van der Waals surface area (Å²) in [4.78, 5) is 4.00. The first-order valence-electron chi connectivity index (χ1n) is 5.93. The molecule has 0 amide bonds. The highest BCUT2D eigenvalue weighted by molar-refractivity contribution is 7.85. The fourth-order valence-electron chi connectivity index (χ4n) is 2.66. The smallest absolute Gasteiger partial charge is 0.296 e. The van der Waals surface area contributed by atoms with E-state index in [2.05, 4.69) is 10.3 Å². The van der Waals surface area contributed by atoms with Crippen LogP contribution in [0, 0.1) is 5.92 Å². The Morgan fingerprint density at radius 2 is 2.28 bits per heavy atom. The van der Waals surface area contributed by atoms with Gasteiger partial charge in [-0.05, 0) is 36.9 Å². The van der Waals surface area contributed by atoms with E-state index in [4.69, 9.17) is 4.55 Å². The van der Waals surface area contributed by atoms with Crippen LogP contribution >= 0.6 is 0 Å². The van der Waals surface area contributed by atoms with Crippen LogP contribution in [0.5, 0.6) is 0 Å². The van der Waals surface area contributed by atoms with E-state index in [1.807, 2.05) is 6.08 Å². The Morgan fingerprint density at radius 1 is 1.44 bits per heavy atom. The maximum Gasteiger partial charge on any atom is 0.296 e. The lowest BCUT2D eigenvalue weighted by atomic mass is 9.85. The minimum atomic E-state index is -4.18. The van der Waals surface area contributed by atoms with E-state index in [1.54, 1.807) is 0 Å². The molecule has 1 fully saturated rings. The molecule has 0 saturated carbocycles. The van der Waals surface area contributed by atoms with E-state index in [9.17, 15) is 8.42 Å². The zero-order chi connectivity index (χ0) is 12.8. The average molecular weight is 266 g/mol. The molecule has 0 bridgehead atoms. The highest BCUT2D eigenvalue weighted by Gasteiger charge is 2.22. The highest BCUT2D eigenvalue weighted by Crippen LogP contribution is 2.23. The zero-order valence-corrected chi connectivity index (χ0v) is 10.6. The Hall–Kier alpha value is -1.24. The van der Waals surface area contributed by atoms with Crippen LogP contribution in [0.4, 0.5) is 0 Å². The number of nitrogens with zero attached hydrogens (tertiary/aromatic N) is 1. The van der Waals surface area contributed by atoms with Gasteiger partial charge in [0.15, 0.2) is 0 Å². The summed E-state index contributed by atoms with van der Waals surface area (Å²) in [5.41, 5.74) is 1.21. The predicted molar refractivity (Wildman–Crippen MR) is 66.8 cm³/mol. The number of fused-ring (bicyclic) bond motifs is 2. The topological polar surface area (TPSA) is 79.3 Å². The standard InChI is InChI=1S/C12H14N2O3S/c15-18(16,17)9-5-10-11-7-13-4-3-8(11)1-2-12(10)14-6-9/h2,5-6,8,13H,1,3-4,7H2,(H,15,16,17). The van der Waals surface area contributed by atoms with Crippen LogP contribution in [0.2, 0.25) is 0 Å². The fraction of sp³-hybridized carbons (Fsp3) is 0.417. The van der Waals surface area contributed by atoms with E-state index in [0.29, 0.717) is 5.92 Å². The molecule has 18 heavy (non-hydrogen) atoms. The molecule has 1 aliphatic carbocycles. The largest absolute Gasteiger partial charge is 0.313 e. The van der Waals surface area contributed by atoms with Gasteiger partial charge in [0, 0.05) is 18.0 Å². The van der Waals surface area contributed by atoms with Crippen molar-refractivity contribution < 1.29 is 13.0 Å². The van der Waals surface area contributed by atoms with Gasteiger partial charge in [-0.1, -0.05) is 6.08 Å². The summed E-state index contributed by atoms with van der Waals surface area (Å²) in [6, 6.07) is 1.53. The number of nitrogens with one attached hydrogen (secondary N) is 1. The van der Waals surface area contributed by atoms with Crippen molar-refractivity contribution in [3.8, 4) is 0 Å². The van der Waals surface area contributed by atoms with Crippen molar-refractivity contribution in [3.05, 3.63) is 22.8 Å². The zero-order valence-electron chi connectivity index (χ0n) is 9.76. The Bertz CT molecular complexity index is 709. The number of aromatic nitrogens is 1. The number of hydrogen-bond acceptors (Lipinski definition) is 4. The molecule has 1 aliphatic heterocycles. The molecular formula is C12H14N2O3S. The van der Waals surface area contributed by atoms with Gasteiger partial charge in [-0.25, -0.2) is 0 Å². The summed E-state index contributed by atoms with van der Waals surface area (Å²) >= 11 is 0. The van der Waals surface area contributed by atoms with Crippen LogP contribution in [0.25, 0.3) is 11.6 Å². The molecule has 0 spiro atoms. The summed E-state index contributed by atoms with van der Waals surface area (Å²) in [5, 5.41) is 4.96. The quantitative estimate of drug-likeness (QED) is 0.655. The molecule has 2 N–H and O–H groups in total. The fourth-order valence-corrected chi connectivity index (χ4v) is 3.12. The summed E-state index contributed by atoms with van der Waals surface area (Å²) in [6.45, 7) is 1.75. The second-order valence-corrected chi connectivity index (χ2v) is 6.13. The molecule has 1 atom stereocenters. The van der Waals surface area contributed by atoms with E-state index < -0.39 is 10.1 Å². The summed E-state index contributed by atoms with van der Waals surface area (Å²) < 4.78 is 31.4. The third-order valence-corrected chi connectivity index (χ3v) is 4.43. The van der Waals surface area contributed by atoms with Crippen molar-refractivity contribution in [2.45, 2.75) is 17.7 Å². The Balaban J connectivity index is 2.28. The Morgan fingerprint density at radius 3 is 3.06 bits per heavy atom. The van der Waals surface area contributed by atoms with Crippen molar-refractivity contribution >= 4 is 21.8 Å². The molecule has 1 unspecified atom stereocenters. The van der Waals surface area contributed by atoms with Gasteiger partial charge in [-0.15, -0.1) is 0 Å². The second kappa shape index (κ2) is 4.15. The van der Waals surface area contributed by atoms with Crippen molar-refractivity contribution in [1.29, 1.82) is 0 Å². The van der Waals surface area contributed by atoms with Gasteiger partial charge in [-0.2, -0.15) is 8.42 Å². The number of rotatable bonds is 1. The number of pyridine rings is 1. The normalized spacial score (nSPS) is 22.9. The van der Waals surface area contributed by atoms with Crippen LogP contribution in [0.1, 0.15) is 12.8 Å². The monoisotopic (exact) mass is 266 g/mol. The third-order valence-electron chi connectivity index (χ3n) is 3.61. The first kappa shape index (κ1) is 11.8. The van der Waals surface area contributed by atoms with Crippen LogP contribution in [-0.4, -0.2) is 31.0 Å². The molecule has 5 nitrogen and oxygen atoms in total. The first-order valence-corrected chi connectivity index (χ1v) is 7.37. The SMILES string of the molecule is O=S(=O)(O)c1cnc2c(c1)=C1CNCCC1CC=2. The molecule has 1 aromatic heterocycles. The highest BCUT2D eigenvalue weighted by atomic mass is 32.2. The molecule has 2 heterocycles. The summed E-state index contributed by atoms with van der Waals surface area (Å²) in [7, 11) is -4.18. The maximum atomic E-state index is 11.2. The molecule has 1 saturated heterocycles. The van der Waals surface area contributed by atoms with Crippen LogP contribution in [0.15, 0.2) is 17.2 Å². The van der Waals surface area contributed by atoms with Crippen LogP contribution in [0.3, 0.4) is 0 Å². The predicted octanol–water partition coefficient (Wildman–Crippen LogP) is -0.727. The van der Waals surface area contributed by atoms with Crippen LogP contribution < -0.4 is 15.9 Å². The first-order chi connectivity index (χ1) is 8.55. The van der Waals surface area contributed by atoms with Crippen molar-refractivity contribution in [2.75, 3.05) is 13.1 Å². The van der Waals surface area contributed by atoms with Crippen LogP contribution in [-0.2, 0) is 10.1 Å². The lowest BCUT2D eigenvalue weighted by Crippen LogP contribution is -2.42. The van der Waals surface area contributed by atoms with Gasteiger partial charge >= 0.3 is 0 Å². The Labute approximate surface area is 105 Å². The number of hydrogen-bond donors (Lipinski definition) is 2. The molecule has 3 rings (SSSR count). The number of piperidine rings is 1. The van der Waals surface area contributed by atoms with Crippen molar-refractivity contribution in [1.82, 2.24) is 10.3 Å². The summed E-state index contributed by atoms with van der Waals surface area (Å²) in [5.74, 6) is 0.470. The lowest BCUT2D eigenvalue weighted by molar-refractivity contribution is 0.482. The molecule has 1 aromatic rings. The van der Waals surface area contributed by atoms with Gasteiger partial charge < -0.3 is 5.32 Å². The maximum absolute atomic E-state index is 11.2. The van der Waals surface area contributed by atoms with E-state index in [0.717, 1.165) is 36.5 Å². The average Bonchev–Trinajstić information content (AvgIpc) is 2.37. The molecule has 2 aliphatic rings. The van der Waals surface area contributed by atoms with Gasteiger partial charge in [0.05, 0.1) is 5.35 Å². The Kier molecular flexibility index (Phi) is 2.73. The van der Waals surface area contributed by atoms with E-state index in [-0.39, 0.29) is 4.90 Å². The third kappa shape index (κ3) is 1.96. The van der Waals surface area contributed by atoms with Gasteiger partial charge in [0.25, 0.3) is 10.1 Å². The second-order valence-electron chi connectivity index (χ2n) is 4.71.